The minimum Gasteiger partial charge on any atom is -0.463 e. The number of carbonyl (C=O) groups is 2. The molecule has 1 aliphatic carbocycles. The average Bonchev–Trinajstić information content (AvgIpc) is 2.76. The zero-order chi connectivity index (χ0) is 21.3. The molecule has 0 aliphatic heterocycles. The van der Waals surface area contributed by atoms with Gasteiger partial charge in [0.2, 0.25) is 0 Å². The zero-order valence-corrected chi connectivity index (χ0v) is 17.1. The molecule has 0 aromatic heterocycles. The quantitative estimate of drug-likeness (QED) is 0.647. The second-order valence-electron chi connectivity index (χ2n) is 6.66. The van der Waals surface area contributed by atoms with Crippen LogP contribution in [0.2, 0.25) is 0 Å². The van der Waals surface area contributed by atoms with Gasteiger partial charge in [0.25, 0.3) is 0 Å². The van der Waals surface area contributed by atoms with Crippen LogP contribution in [-0.2, 0) is 19.1 Å². The third kappa shape index (κ3) is 5.29. The van der Waals surface area contributed by atoms with E-state index in [2.05, 4.69) is 10.6 Å². The van der Waals surface area contributed by atoms with Crippen LogP contribution in [0, 0.1) is 0 Å². The molecule has 2 aromatic carbocycles. The van der Waals surface area contributed by atoms with Gasteiger partial charge in [0.05, 0.1) is 36.4 Å². The predicted octanol–water partition coefficient (Wildman–Crippen LogP) is 3.94. The maximum Gasteiger partial charge on any atom is 0.336 e. The second kappa shape index (κ2) is 10.3. The Balaban J connectivity index is 1.98. The van der Waals surface area contributed by atoms with E-state index in [4.69, 9.17) is 9.47 Å². The summed E-state index contributed by atoms with van der Waals surface area (Å²) in [6.45, 7) is 4.06. The molecule has 6 heteroatoms. The standard InChI is InChI=1S/C24H26N2O4/c1-3-29-23(27)19-15-22(26-18-13-9-6-10-14-18)20(24(28)30-4-2)16-21(19)25-17-11-7-5-8-12-17/h5-16,21-22,25-26H,3-4H2,1-2H3. The molecule has 1 aliphatic rings. The Hall–Kier alpha value is -3.54. The predicted molar refractivity (Wildman–Crippen MR) is 117 cm³/mol. The maximum atomic E-state index is 12.7. The lowest BCUT2D eigenvalue weighted by molar-refractivity contribution is -0.140. The number of anilines is 2. The van der Waals surface area contributed by atoms with Crippen molar-refractivity contribution in [1.29, 1.82) is 0 Å². The normalized spacial score (nSPS) is 17.9. The summed E-state index contributed by atoms with van der Waals surface area (Å²) in [5, 5.41) is 6.60. The van der Waals surface area contributed by atoms with E-state index in [1.165, 1.54) is 0 Å². The molecule has 2 aromatic rings. The van der Waals surface area contributed by atoms with Crippen molar-refractivity contribution in [2.45, 2.75) is 25.9 Å². The Labute approximate surface area is 176 Å². The van der Waals surface area contributed by atoms with Crippen LogP contribution in [0.25, 0.3) is 0 Å². The van der Waals surface area contributed by atoms with E-state index in [9.17, 15) is 9.59 Å². The summed E-state index contributed by atoms with van der Waals surface area (Å²) >= 11 is 0. The summed E-state index contributed by atoms with van der Waals surface area (Å²) < 4.78 is 10.5. The largest absolute Gasteiger partial charge is 0.463 e. The first-order chi connectivity index (χ1) is 14.6. The summed E-state index contributed by atoms with van der Waals surface area (Å²) in [5.74, 6) is -0.852. The van der Waals surface area contributed by atoms with Crippen LogP contribution in [0.1, 0.15) is 13.8 Å². The van der Waals surface area contributed by atoms with Crippen LogP contribution < -0.4 is 10.6 Å². The molecule has 6 nitrogen and oxygen atoms in total. The summed E-state index contributed by atoms with van der Waals surface area (Å²) in [7, 11) is 0. The molecular formula is C24H26N2O4. The number of nitrogens with one attached hydrogen (secondary N) is 2. The lowest BCUT2D eigenvalue weighted by Crippen LogP contribution is -2.37. The highest BCUT2D eigenvalue weighted by Gasteiger charge is 2.32. The van der Waals surface area contributed by atoms with Gasteiger partial charge in [0, 0.05) is 11.4 Å². The van der Waals surface area contributed by atoms with E-state index in [1.54, 1.807) is 26.0 Å². The molecule has 0 saturated carbocycles. The first-order valence-electron chi connectivity index (χ1n) is 10.0. The monoisotopic (exact) mass is 406 g/mol. The van der Waals surface area contributed by atoms with Gasteiger partial charge < -0.3 is 20.1 Å². The van der Waals surface area contributed by atoms with Gasteiger partial charge in [0.1, 0.15) is 0 Å². The Morgan fingerprint density at radius 2 is 1.07 bits per heavy atom. The van der Waals surface area contributed by atoms with Crippen LogP contribution in [0.15, 0.2) is 84.0 Å². The number of carbonyl (C=O) groups excluding carboxylic acids is 2. The molecule has 2 unspecified atom stereocenters. The molecule has 2 atom stereocenters. The molecule has 3 rings (SSSR count). The van der Waals surface area contributed by atoms with Crippen molar-refractivity contribution in [1.82, 2.24) is 0 Å². The minimum absolute atomic E-state index is 0.263. The van der Waals surface area contributed by atoms with Crippen molar-refractivity contribution in [3.05, 3.63) is 84.0 Å². The summed E-state index contributed by atoms with van der Waals surface area (Å²) in [6, 6.07) is 17.9. The van der Waals surface area contributed by atoms with E-state index in [1.807, 2.05) is 60.7 Å². The maximum absolute atomic E-state index is 12.7. The highest BCUT2D eigenvalue weighted by Crippen LogP contribution is 2.26. The second-order valence-corrected chi connectivity index (χ2v) is 6.66. The van der Waals surface area contributed by atoms with Crippen molar-refractivity contribution in [2.75, 3.05) is 23.8 Å². The fourth-order valence-corrected chi connectivity index (χ4v) is 3.23. The topological polar surface area (TPSA) is 76.7 Å². The molecule has 0 fully saturated rings. The number of rotatable bonds is 8. The molecule has 0 radical (unpaired) electrons. The van der Waals surface area contributed by atoms with Crippen molar-refractivity contribution in [3.63, 3.8) is 0 Å². The molecule has 0 saturated heterocycles. The summed E-state index contributed by atoms with van der Waals surface area (Å²) in [5.41, 5.74) is 2.52. The molecule has 30 heavy (non-hydrogen) atoms. The smallest absolute Gasteiger partial charge is 0.336 e. The third-order valence-corrected chi connectivity index (χ3v) is 4.58. The summed E-state index contributed by atoms with van der Waals surface area (Å²) in [4.78, 5) is 25.4. The highest BCUT2D eigenvalue weighted by atomic mass is 16.5. The van der Waals surface area contributed by atoms with E-state index < -0.39 is 24.0 Å². The Bertz CT molecular complexity index is 845. The van der Waals surface area contributed by atoms with Gasteiger partial charge in [-0.05, 0) is 50.3 Å². The number of benzene rings is 2. The molecule has 2 N–H and O–H groups in total. The third-order valence-electron chi connectivity index (χ3n) is 4.58. The minimum atomic E-state index is -0.528. The number of para-hydroxylation sites is 2. The van der Waals surface area contributed by atoms with Crippen molar-refractivity contribution >= 4 is 23.3 Å². The zero-order valence-electron chi connectivity index (χ0n) is 17.1. The molecule has 156 valence electrons. The fourth-order valence-electron chi connectivity index (χ4n) is 3.23. The van der Waals surface area contributed by atoms with Gasteiger partial charge in [-0.2, -0.15) is 0 Å². The van der Waals surface area contributed by atoms with Crippen LogP contribution in [0.4, 0.5) is 11.4 Å². The number of hydrogen-bond donors (Lipinski definition) is 2. The first-order valence-corrected chi connectivity index (χ1v) is 10.0. The van der Waals surface area contributed by atoms with Crippen LogP contribution in [0.3, 0.4) is 0 Å². The van der Waals surface area contributed by atoms with E-state index in [-0.39, 0.29) is 13.2 Å². The van der Waals surface area contributed by atoms with E-state index in [0.717, 1.165) is 11.4 Å². The number of esters is 2. The van der Waals surface area contributed by atoms with E-state index in [0.29, 0.717) is 11.1 Å². The molecule has 0 heterocycles. The number of ether oxygens (including phenoxy) is 2. The van der Waals surface area contributed by atoms with Crippen molar-refractivity contribution in [3.8, 4) is 0 Å². The van der Waals surface area contributed by atoms with Crippen molar-refractivity contribution in [2.24, 2.45) is 0 Å². The van der Waals surface area contributed by atoms with Gasteiger partial charge >= 0.3 is 11.9 Å². The lowest BCUT2D eigenvalue weighted by atomic mass is 9.90. The van der Waals surface area contributed by atoms with Gasteiger partial charge in [-0.25, -0.2) is 9.59 Å². The first kappa shape index (κ1) is 21.2. The van der Waals surface area contributed by atoms with E-state index >= 15 is 0 Å². The lowest BCUT2D eigenvalue weighted by Gasteiger charge is -2.29. The van der Waals surface area contributed by atoms with Crippen LogP contribution in [-0.4, -0.2) is 37.2 Å². The van der Waals surface area contributed by atoms with Gasteiger partial charge in [0.15, 0.2) is 0 Å². The van der Waals surface area contributed by atoms with Crippen LogP contribution >= 0.6 is 0 Å². The van der Waals surface area contributed by atoms with Crippen LogP contribution in [0.5, 0.6) is 0 Å². The SMILES string of the molecule is CCOC(=O)C1=CC(Nc2ccccc2)C(C(=O)OCC)=CC1Nc1ccccc1. The van der Waals surface area contributed by atoms with Crippen molar-refractivity contribution < 1.29 is 19.1 Å². The highest BCUT2D eigenvalue weighted by molar-refractivity contribution is 5.97. The molecule has 0 bridgehead atoms. The van der Waals surface area contributed by atoms with Gasteiger partial charge in [-0.1, -0.05) is 36.4 Å². The van der Waals surface area contributed by atoms with Gasteiger partial charge in [-0.3, -0.25) is 0 Å². The Morgan fingerprint density at radius 3 is 1.40 bits per heavy atom. The fraction of sp³-hybridized carbons (Fsp3) is 0.250. The number of hydrogen-bond acceptors (Lipinski definition) is 6. The van der Waals surface area contributed by atoms with Gasteiger partial charge in [-0.15, -0.1) is 0 Å². The molecule has 0 amide bonds. The average molecular weight is 406 g/mol. The summed E-state index contributed by atoms with van der Waals surface area (Å²) in [6.07, 6.45) is 3.47. The Morgan fingerprint density at radius 1 is 0.700 bits per heavy atom. The molecule has 0 spiro atoms. The Kier molecular flexibility index (Phi) is 7.27. The molecular weight excluding hydrogens is 380 g/mol.